The Morgan fingerprint density at radius 2 is 1.35 bits per heavy atom. The highest BCUT2D eigenvalue weighted by Crippen LogP contribution is 2.54. The van der Waals surface area contributed by atoms with E-state index in [4.69, 9.17) is 0 Å². The lowest BCUT2D eigenvalue weighted by atomic mass is 9.73. The number of allylic oxidation sites excluding steroid dienone is 5. The van der Waals surface area contributed by atoms with Crippen molar-refractivity contribution >= 4 is 33.5 Å². The molecule has 0 radical (unpaired) electrons. The van der Waals surface area contributed by atoms with Crippen LogP contribution in [0.1, 0.15) is 29.2 Å². The first kappa shape index (κ1) is 28.1. The van der Waals surface area contributed by atoms with E-state index in [9.17, 15) is 5.26 Å². The van der Waals surface area contributed by atoms with E-state index in [0.717, 1.165) is 33.5 Å². The lowest BCUT2D eigenvalue weighted by molar-refractivity contribution is 0.535. The van der Waals surface area contributed by atoms with Crippen LogP contribution in [0.2, 0.25) is 0 Å². The molecular weight excluding hydrogens is 581 g/mol. The quantitative estimate of drug-likeness (QED) is 0.194. The van der Waals surface area contributed by atoms with Gasteiger partial charge in [-0.25, -0.2) is 0 Å². The molecule has 0 bridgehead atoms. The predicted octanol–water partition coefficient (Wildman–Crippen LogP) is 11.5. The second-order valence-corrected chi connectivity index (χ2v) is 13.0. The van der Waals surface area contributed by atoms with Gasteiger partial charge in [-0.15, -0.1) is 0 Å². The zero-order valence-electron chi connectivity index (χ0n) is 26.6. The lowest BCUT2D eigenvalue weighted by Crippen LogP contribution is -2.25. The molecule has 0 saturated carbocycles. The van der Waals surface area contributed by atoms with E-state index in [1.165, 1.54) is 38.5 Å². The summed E-state index contributed by atoms with van der Waals surface area (Å²) in [5, 5.41) is 12.9. The zero-order valence-corrected chi connectivity index (χ0v) is 26.6. The number of fused-ring (bicyclic) bond motifs is 6. The minimum atomic E-state index is -0.115. The molecule has 0 fully saturated rings. The van der Waals surface area contributed by atoms with E-state index < -0.39 is 0 Å². The summed E-state index contributed by atoms with van der Waals surface area (Å²) in [5.41, 5.74) is 13.3. The third-order valence-electron chi connectivity index (χ3n) is 10.3. The van der Waals surface area contributed by atoms with Crippen LogP contribution in [0.15, 0.2) is 164 Å². The highest BCUT2D eigenvalue weighted by molar-refractivity contribution is 6.09. The molecule has 1 aromatic heterocycles. The van der Waals surface area contributed by atoms with Gasteiger partial charge in [0.15, 0.2) is 0 Å². The largest absolute Gasteiger partial charge is 0.309 e. The van der Waals surface area contributed by atoms with Crippen LogP contribution in [0.4, 0.5) is 0 Å². The van der Waals surface area contributed by atoms with Crippen LogP contribution in [0.25, 0.3) is 61.4 Å². The number of hydrogen-bond donors (Lipinski definition) is 0. The second kappa shape index (κ2) is 11.0. The van der Waals surface area contributed by atoms with Gasteiger partial charge in [0.1, 0.15) is 0 Å². The SMILES string of the molecule is CC12C=CC=CC1/C(=C\c1cc(C#N)cc(-c3cccc(-n4c5ccccc5c5ccccc54)c3)c1-c1ccccc1)c1ccccc12. The van der Waals surface area contributed by atoms with Crippen molar-refractivity contribution in [1.82, 2.24) is 4.57 Å². The number of benzene rings is 6. The van der Waals surface area contributed by atoms with Gasteiger partial charge in [-0.1, -0.05) is 134 Å². The molecule has 0 aliphatic heterocycles. The van der Waals surface area contributed by atoms with Crippen molar-refractivity contribution < 1.29 is 0 Å². The Morgan fingerprint density at radius 1 is 0.667 bits per heavy atom. The van der Waals surface area contributed by atoms with Gasteiger partial charge >= 0.3 is 0 Å². The van der Waals surface area contributed by atoms with Crippen molar-refractivity contribution in [2.75, 3.05) is 0 Å². The molecule has 0 spiro atoms. The van der Waals surface area contributed by atoms with E-state index in [2.05, 4.69) is 187 Å². The molecular formula is C46H32N2. The summed E-state index contributed by atoms with van der Waals surface area (Å²) in [6.07, 6.45) is 11.4. The van der Waals surface area contributed by atoms with Gasteiger partial charge in [0.25, 0.3) is 0 Å². The van der Waals surface area contributed by atoms with Crippen LogP contribution in [0.3, 0.4) is 0 Å². The van der Waals surface area contributed by atoms with Gasteiger partial charge in [0.2, 0.25) is 0 Å². The Labute approximate surface area is 280 Å². The van der Waals surface area contributed by atoms with Crippen molar-refractivity contribution in [1.29, 1.82) is 5.26 Å². The molecule has 9 rings (SSSR count). The Hall–Kier alpha value is -6.17. The Balaban J connectivity index is 1.30. The second-order valence-electron chi connectivity index (χ2n) is 13.0. The Kier molecular flexibility index (Phi) is 6.42. The van der Waals surface area contributed by atoms with Crippen molar-refractivity contribution in [3.63, 3.8) is 0 Å². The van der Waals surface area contributed by atoms with Crippen LogP contribution in [0, 0.1) is 17.2 Å². The molecule has 1 heterocycles. The zero-order chi connectivity index (χ0) is 32.2. The molecule has 2 atom stereocenters. The van der Waals surface area contributed by atoms with Crippen molar-refractivity contribution in [3.8, 4) is 34.0 Å². The maximum absolute atomic E-state index is 10.4. The van der Waals surface area contributed by atoms with Crippen molar-refractivity contribution in [2.24, 2.45) is 5.92 Å². The molecule has 0 N–H and O–H groups in total. The normalized spacial score (nSPS) is 18.7. The average Bonchev–Trinajstić information content (AvgIpc) is 3.61. The van der Waals surface area contributed by atoms with E-state index >= 15 is 0 Å². The van der Waals surface area contributed by atoms with Crippen molar-refractivity contribution in [2.45, 2.75) is 12.3 Å². The van der Waals surface area contributed by atoms with E-state index in [-0.39, 0.29) is 11.3 Å². The number of nitriles is 1. The predicted molar refractivity (Wildman–Crippen MR) is 200 cm³/mol. The standard InChI is InChI=1S/C46H32N2/c1-46-25-12-11-22-42(46)40(36-18-5-8-21-41(36)46)29-34-26-31(30-47)27-39(45(34)32-14-3-2-4-15-32)33-16-13-17-35(28-33)48-43-23-9-6-19-37(43)38-20-7-10-24-44(38)48/h2-29,42H,1H3/b40-29-. The number of hydrogen-bond acceptors (Lipinski definition) is 1. The highest BCUT2D eigenvalue weighted by Gasteiger charge is 2.43. The van der Waals surface area contributed by atoms with Crippen LogP contribution in [-0.2, 0) is 5.41 Å². The molecule has 0 amide bonds. The topological polar surface area (TPSA) is 28.7 Å². The molecule has 2 heteroatoms. The number of para-hydroxylation sites is 2. The molecule has 7 aromatic rings. The first-order valence-electron chi connectivity index (χ1n) is 16.5. The van der Waals surface area contributed by atoms with E-state index in [1.807, 2.05) is 0 Å². The fraction of sp³-hybridized carbons (Fsp3) is 0.0652. The van der Waals surface area contributed by atoms with Gasteiger partial charge in [0.05, 0.1) is 22.7 Å². The summed E-state index contributed by atoms with van der Waals surface area (Å²) in [4.78, 5) is 0. The fourth-order valence-electron chi connectivity index (χ4n) is 8.14. The Bertz CT molecular complexity index is 2480. The molecule has 0 saturated heterocycles. The van der Waals surface area contributed by atoms with Gasteiger partial charge < -0.3 is 4.57 Å². The maximum Gasteiger partial charge on any atom is 0.0992 e. The first-order chi connectivity index (χ1) is 23.6. The van der Waals surface area contributed by atoms with Crippen LogP contribution >= 0.6 is 0 Å². The molecule has 2 aliphatic rings. The van der Waals surface area contributed by atoms with E-state index in [1.54, 1.807) is 0 Å². The molecule has 48 heavy (non-hydrogen) atoms. The number of nitrogens with zero attached hydrogens (tertiary/aromatic N) is 2. The minimum absolute atomic E-state index is 0.115. The lowest BCUT2D eigenvalue weighted by Gasteiger charge is -2.30. The van der Waals surface area contributed by atoms with Crippen LogP contribution in [-0.4, -0.2) is 4.57 Å². The van der Waals surface area contributed by atoms with Gasteiger partial charge in [-0.3, -0.25) is 0 Å². The number of rotatable bonds is 4. The molecule has 2 aliphatic carbocycles. The fourth-order valence-corrected chi connectivity index (χ4v) is 8.14. The van der Waals surface area contributed by atoms with E-state index in [0.29, 0.717) is 5.56 Å². The molecule has 2 nitrogen and oxygen atoms in total. The van der Waals surface area contributed by atoms with Gasteiger partial charge in [0, 0.05) is 27.8 Å². The summed E-state index contributed by atoms with van der Waals surface area (Å²) in [6.45, 7) is 2.34. The third kappa shape index (κ3) is 4.25. The highest BCUT2D eigenvalue weighted by atomic mass is 15.0. The third-order valence-corrected chi connectivity index (χ3v) is 10.3. The summed E-state index contributed by atoms with van der Waals surface area (Å²) < 4.78 is 2.35. The minimum Gasteiger partial charge on any atom is -0.309 e. The average molecular weight is 613 g/mol. The molecule has 2 unspecified atom stereocenters. The van der Waals surface area contributed by atoms with Crippen LogP contribution in [0.5, 0.6) is 0 Å². The van der Waals surface area contributed by atoms with Gasteiger partial charge in [-0.05, 0) is 87.0 Å². The maximum atomic E-state index is 10.4. The summed E-state index contributed by atoms with van der Waals surface area (Å²) >= 11 is 0. The summed E-state index contributed by atoms with van der Waals surface area (Å²) in [7, 11) is 0. The summed E-state index contributed by atoms with van der Waals surface area (Å²) in [5.74, 6) is 0.205. The Morgan fingerprint density at radius 3 is 2.12 bits per heavy atom. The first-order valence-corrected chi connectivity index (χ1v) is 16.5. The monoisotopic (exact) mass is 612 g/mol. The number of aromatic nitrogens is 1. The molecule has 6 aromatic carbocycles. The van der Waals surface area contributed by atoms with Crippen molar-refractivity contribution in [3.05, 3.63) is 186 Å². The molecule has 226 valence electrons. The van der Waals surface area contributed by atoms with Crippen LogP contribution < -0.4 is 0 Å². The van der Waals surface area contributed by atoms with Gasteiger partial charge in [-0.2, -0.15) is 5.26 Å². The smallest absolute Gasteiger partial charge is 0.0992 e. The summed E-state index contributed by atoms with van der Waals surface area (Å²) in [6, 6.07) is 52.0.